The lowest BCUT2D eigenvalue weighted by molar-refractivity contribution is -0.256. The van der Waals surface area contributed by atoms with E-state index >= 15 is 0 Å². The largest absolute Gasteiger partial charge is 0.393 e. The molecule has 4 aromatic carbocycles. The lowest BCUT2D eigenvalue weighted by Crippen LogP contribution is -2.54. The number of hydrogen-bond donors (Lipinski definition) is 5. The molecule has 2 fully saturated rings. The van der Waals surface area contributed by atoms with Crippen molar-refractivity contribution in [2.24, 2.45) is 10.9 Å². The summed E-state index contributed by atoms with van der Waals surface area (Å²) in [5.41, 5.74) is 7.78. The number of unbranched alkanes of at least 4 members (excludes halogenated alkanes) is 4. The molecule has 5 aromatic rings. The number of aromatic nitrogens is 1. The van der Waals surface area contributed by atoms with E-state index in [4.69, 9.17) is 4.99 Å². The van der Waals surface area contributed by atoms with Crippen molar-refractivity contribution in [3.63, 3.8) is 0 Å². The number of nitrogens with one attached hydrogen (secondary N) is 4. The Morgan fingerprint density at radius 1 is 0.803 bits per heavy atom. The second-order valence-electron chi connectivity index (χ2n) is 18.7. The second-order valence-corrected chi connectivity index (χ2v) is 18.7. The van der Waals surface area contributed by atoms with Gasteiger partial charge in [-0.05, 0) is 98.7 Å². The minimum atomic E-state index is -1.02. The molecule has 1 saturated carbocycles. The quantitative estimate of drug-likeness (QED) is 0.0269. The first-order chi connectivity index (χ1) is 34.6. The van der Waals surface area contributed by atoms with Crippen LogP contribution < -0.4 is 16.0 Å². The van der Waals surface area contributed by atoms with Crippen LogP contribution in [0, 0.1) is 23.2 Å². The normalized spacial score (nSPS) is 19.0. The molecule has 0 bridgehead atoms. The van der Waals surface area contributed by atoms with Gasteiger partial charge in [-0.25, -0.2) is 4.58 Å². The lowest BCUT2D eigenvalue weighted by atomic mass is 9.88. The molecule has 1 unspecified atom stereocenters. The van der Waals surface area contributed by atoms with E-state index in [9.17, 15) is 34.5 Å². The van der Waals surface area contributed by atoms with Crippen molar-refractivity contribution in [2.75, 3.05) is 18.4 Å². The Labute approximate surface area is 413 Å². The fourth-order valence-corrected chi connectivity index (χ4v) is 10.0. The summed E-state index contributed by atoms with van der Waals surface area (Å²) in [7, 11) is 0. The zero-order valence-corrected chi connectivity index (χ0v) is 39.8. The van der Waals surface area contributed by atoms with Gasteiger partial charge in [0.1, 0.15) is 11.6 Å². The molecule has 0 spiro atoms. The van der Waals surface area contributed by atoms with Crippen LogP contribution in [-0.4, -0.2) is 92.3 Å². The topological polar surface area (TPSA) is 189 Å². The van der Waals surface area contributed by atoms with Crippen molar-refractivity contribution in [3.05, 3.63) is 131 Å². The Morgan fingerprint density at radius 3 is 2.32 bits per heavy atom. The summed E-state index contributed by atoms with van der Waals surface area (Å²) in [6, 6.07) is 32.9. The van der Waals surface area contributed by atoms with Crippen molar-refractivity contribution in [3.8, 4) is 34.2 Å². The number of rotatable bonds is 17. The summed E-state index contributed by atoms with van der Waals surface area (Å²) in [6.07, 6.45) is 12.1. The molecular formula is C57H59N8O6+. The molecule has 0 radical (unpaired) electrons. The van der Waals surface area contributed by atoms with Crippen LogP contribution in [0.4, 0.5) is 11.5 Å². The number of imide groups is 2. The van der Waals surface area contributed by atoms with Crippen LogP contribution >= 0.6 is 0 Å². The van der Waals surface area contributed by atoms with Crippen molar-refractivity contribution in [1.82, 2.24) is 20.1 Å². The number of hydrogen-bond acceptors (Lipinski definition) is 9. The number of amidine groups is 1. The molecule has 5 amide bonds. The Morgan fingerprint density at radius 2 is 1.55 bits per heavy atom. The van der Waals surface area contributed by atoms with Gasteiger partial charge in [-0.15, -0.1) is 0 Å². The van der Waals surface area contributed by atoms with Crippen molar-refractivity contribution in [2.45, 2.75) is 102 Å². The standard InChI is InChI=1S/C57H58N8O6/c58-53-51-49(41-19-7-3-8-20-41)52(42-21-9-4-10-22-42)64(54(51)61-37-63(53)35-39-26-28-43(66)29-27-39)36-40-18-14-17-38(34-40)16-6-1-2-12-33-60-47(67)25-11-5-13-32-59-45-24-15-23-44-50(45)57(71)65(56(44)70)46-30-31-48(68)62-55(46)69/h3-4,7-10,14-15,17-24,34-35,37,39,43,46,58,66H,1-2,5,11-13,25-33,36H2,(H2-,59,60,62,67,68,69,71)/p+1. The molecular weight excluding hydrogens is 893 g/mol. The van der Waals surface area contributed by atoms with Crippen LogP contribution in [0.25, 0.3) is 22.4 Å². The molecule has 362 valence electrons. The monoisotopic (exact) mass is 951 g/mol. The Balaban J connectivity index is 0.755. The minimum absolute atomic E-state index is 0.00816. The molecule has 1 saturated heterocycles. The van der Waals surface area contributed by atoms with E-state index < -0.39 is 29.7 Å². The van der Waals surface area contributed by atoms with E-state index in [1.54, 1.807) is 24.5 Å². The molecule has 1 aromatic heterocycles. The van der Waals surface area contributed by atoms with Crippen LogP contribution in [0.15, 0.2) is 108 Å². The molecule has 14 heteroatoms. The molecule has 9 rings (SSSR count). The van der Waals surface area contributed by atoms with E-state index in [-0.39, 0.29) is 41.9 Å². The first-order valence-electron chi connectivity index (χ1n) is 24.9. The summed E-state index contributed by atoms with van der Waals surface area (Å²) in [6.45, 7) is 1.64. The van der Waals surface area contributed by atoms with Crippen LogP contribution in [0.3, 0.4) is 0 Å². The van der Waals surface area contributed by atoms with E-state index in [2.05, 4.69) is 75.0 Å². The first kappa shape index (κ1) is 48.3. The molecule has 1 atom stereocenters. The maximum Gasteiger partial charge on any atom is 0.271 e. The van der Waals surface area contributed by atoms with Crippen LogP contribution in [0.2, 0.25) is 0 Å². The van der Waals surface area contributed by atoms with E-state index in [0.29, 0.717) is 50.4 Å². The average molecular weight is 952 g/mol. The second kappa shape index (κ2) is 22.3. The number of carbonyl (C=O) groups is 5. The zero-order valence-electron chi connectivity index (χ0n) is 39.8. The molecule has 1 aliphatic carbocycles. The van der Waals surface area contributed by atoms with E-state index in [1.807, 2.05) is 53.1 Å². The SMILES string of the molecule is N=C1c2c(-c3ccccc3)c(-c3ccccc3)n(Cc3cccc(C#CCCCCNC(=O)CCCCCNc4cccc5c4C(=O)N(C4CCC(=O)NC4=O)C5=O)c3)c2N=C[N+]1=CC1CCC(O)CC1. The van der Waals surface area contributed by atoms with Gasteiger partial charge in [-0.1, -0.05) is 102 Å². The predicted molar refractivity (Wildman–Crippen MR) is 274 cm³/mol. The van der Waals surface area contributed by atoms with Gasteiger partial charge in [0.05, 0.1) is 35.7 Å². The minimum Gasteiger partial charge on any atom is -0.393 e. The average Bonchev–Trinajstić information content (AvgIpc) is 3.84. The lowest BCUT2D eigenvalue weighted by Gasteiger charge is -2.27. The van der Waals surface area contributed by atoms with Gasteiger partial charge in [0, 0.05) is 55.1 Å². The number of aliphatic hydroxyl groups excluding tert-OH is 1. The fraction of sp³-hybridized carbons (Fsp3) is 0.333. The third-order valence-corrected chi connectivity index (χ3v) is 13.7. The zero-order chi connectivity index (χ0) is 49.3. The van der Waals surface area contributed by atoms with Crippen molar-refractivity contribution < 1.29 is 33.7 Å². The predicted octanol–water partition coefficient (Wildman–Crippen LogP) is 8.22. The summed E-state index contributed by atoms with van der Waals surface area (Å²) >= 11 is 0. The number of amides is 5. The van der Waals surface area contributed by atoms with Gasteiger partial charge in [-0.3, -0.25) is 34.2 Å². The van der Waals surface area contributed by atoms with Gasteiger partial charge in [0.25, 0.3) is 17.6 Å². The first-order valence-corrected chi connectivity index (χ1v) is 24.9. The molecule has 4 heterocycles. The number of anilines is 1. The smallest absolute Gasteiger partial charge is 0.271 e. The number of aliphatic hydroxyl groups is 1. The van der Waals surface area contributed by atoms with Gasteiger partial charge >= 0.3 is 0 Å². The number of benzene rings is 4. The third-order valence-electron chi connectivity index (χ3n) is 13.7. The van der Waals surface area contributed by atoms with Crippen LogP contribution in [-0.2, 0) is 20.9 Å². The highest BCUT2D eigenvalue weighted by Crippen LogP contribution is 2.45. The molecule has 5 N–H and O–H groups in total. The van der Waals surface area contributed by atoms with Crippen LogP contribution in [0.1, 0.15) is 121 Å². The Kier molecular flexibility index (Phi) is 15.2. The van der Waals surface area contributed by atoms with Crippen molar-refractivity contribution >= 4 is 59.4 Å². The highest BCUT2D eigenvalue weighted by atomic mass is 16.3. The maximum absolute atomic E-state index is 13.3. The number of carbonyl (C=O) groups excluding carboxylic acids is 5. The summed E-state index contributed by atoms with van der Waals surface area (Å²) in [4.78, 5) is 69.2. The molecule has 3 aliphatic heterocycles. The van der Waals surface area contributed by atoms with E-state index in [1.165, 1.54) is 0 Å². The van der Waals surface area contributed by atoms with Gasteiger partial charge in [0.15, 0.2) is 0 Å². The van der Waals surface area contributed by atoms with Crippen molar-refractivity contribution in [1.29, 1.82) is 5.41 Å². The summed E-state index contributed by atoms with van der Waals surface area (Å²) < 4.78 is 4.10. The summed E-state index contributed by atoms with van der Waals surface area (Å²) in [5, 5.41) is 28.2. The fourth-order valence-electron chi connectivity index (χ4n) is 10.0. The molecule has 4 aliphatic rings. The van der Waals surface area contributed by atoms with E-state index in [0.717, 1.165) is 101 Å². The van der Waals surface area contributed by atoms with Gasteiger partial charge in [0.2, 0.25) is 29.9 Å². The van der Waals surface area contributed by atoms with Crippen LogP contribution in [0.5, 0.6) is 0 Å². The number of aliphatic imine (C=N–C) groups is 1. The van der Waals surface area contributed by atoms with Gasteiger partial charge < -0.3 is 20.3 Å². The highest BCUT2D eigenvalue weighted by Gasteiger charge is 2.45. The Hall–Kier alpha value is -7.76. The number of piperidine rings is 1. The number of fused-ring (bicyclic) bond motifs is 2. The maximum atomic E-state index is 13.3. The third kappa shape index (κ3) is 11.0. The molecule has 71 heavy (non-hydrogen) atoms. The molecule has 14 nitrogen and oxygen atoms in total. The highest BCUT2D eigenvalue weighted by molar-refractivity contribution is 6.25. The summed E-state index contributed by atoms with van der Waals surface area (Å²) in [5.74, 6) is 5.94. The number of nitrogens with zero attached hydrogens (tertiary/aromatic N) is 4. The van der Waals surface area contributed by atoms with Gasteiger partial charge in [-0.2, -0.15) is 5.41 Å². The Bertz CT molecular complexity index is 2980.